The third-order valence-corrected chi connectivity index (χ3v) is 7.80. The van der Waals surface area contributed by atoms with Crippen LogP contribution in [-0.4, -0.2) is 66.4 Å². The van der Waals surface area contributed by atoms with Crippen molar-refractivity contribution in [2.45, 2.75) is 36.3 Å². The first-order valence-corrected chi connectivity index (χ1v) is 14.9. The van der Waals surface area contributed by atoms with Crippen LogP contribution < -0.4 is 9.47 Å². The Hall–Kier alpha value is -2.44. The highest BCUT2D eigenvalue weighted by molar-refractivity contribution is 7.98. The molecule has 0 aliphatic carbocycles. The summed E-state index contributed by atoms with van der Waals surface area (Å²) in [6.07, 6.45) is -6.20. The van der Waals surface area contributed by atoms with Crippen molar-refractivity contribution in [2.75, 3.05) is 25.7 Å². The van der Waals surface area contributed by atoms with Gasteiger partial charge in [0.25, 0.3) is 0 Å². The van der Waals surface area contributed by atoms with Crippen LogP contribution >= 0.6 is 34.4 Å². The number of nitrogens with zero attached hydrogens (tertiary/aromatic N) is 4. The molecule has 0 fully saturated rings. The first-order chi connectivity index (χ1) is 17.4. The van der Waals surface area contributed by atoms with Crippen LogP contribution in [-0.2, 0) is 9.84 Å². The highest BCUT2D eigenvalue weighted by atomic mass is 32.2. The van der Waals surface area contributed by atoms with Gasteiger partial charge in [-0.25, -0.2) is 8.42 Å². The molecule has 0 aromatic carbocycles. The standard InChI is InChI=1S/C10H9F3N2O3S2.C10H9F3N2OS2/c1-5-3-6-7(19-5)14-9(18-4-10(11,12)13)15-8(6)20(2,16)17;1-5-3-6-7(17-2)14-9(15-8(6)18-5)16-4-10(11,12)13/h3H,4H2,1-2H3;3H,4H2,1-2H3. The van der Waals surface area contributed by atoms with Crippen molar-refractivity contribution >= 4 is 64.7 Å². The lowest BCUT2D eigenvalue weighted by Crippen LogP contribution is -2.20. The van der Waals surface area contributed by atoms with E-state index in [0.717, 1.165) is 32.7 Å². The van der Waals surface area contributed by atoms with Gasteiger partial charge in [0.15, 0.2) is 28.1 Å². The summed E-state index contributed by atoms with van der Waals surface area (Å²) in [5.41, 5.74) is 0. The molecule has 0 N–H and O–H groups in total. The molecule has 38 heavy (non-hydrogen) atoms. The Bertz CT molecular complexity index is 1550. The molecule has 0 bridgehead atoms. The van der Waals surface area contributed by atoms with Gasteiger partial charge in [-0.2, -0.15) is 46.3 Å². The fourth-order valence-electron chi connectivity index (χ4n) is 2.85. The van der Waals surface area contributed by atoms with Crippen molar-refractivity contribution in [1.29, 1.82) is 0 Å². The third-order valence-electron chi connectivity index (χ3n) is 4.20. The van der Waals surface area contributed by atoms with E-state index >= 15 is 0 Å². The van der Waals surface area contributed by atoms with Gasteiger partial charge >= 0.3 is 24.4 Å². The predicted molar refractivity (Wildman–Crippen MR) is 132 cm³/mol. The second kappa shape index (κ2) is 11.4. The molecule has 0 saturated carbocycles. The van der Waals surface area contributed by atoms with Crippen molar-refractivity contribution in [3.05, 3.63) is 21.9 Å². The molecule has 0 atom stereocenters. The van der Waals surface area contributed by atoms with E-state index in [1.807, 2.05) is 19.2 Å². The van der Waals surface area contributed by atoms with Crippen LogP contribution in [0.2, 0.25) is 0 Å². The number of fused-ring (bicyclic) bond motifs is 2. The number of aromatic nitrogens is 4. The van der Waals surface area contributed by atoms with E-state index in [0.29, 0.717) is 9.86 Å². The largest absolute Gasteiger partial charge is 0.454 e. The van der Waals surface area contributed by atoms with Crippen LogP contribution in [0.15, 0.2) is 22.2 Å². The average molecular weight is 621 g/mol. The molecule has 0 aliphatic heterocycles. The molecule has 0 unspecified atom stereocenters. The number of sulfone groups is 1. The third kappa shape index (κ3) is 8.28. The maximum Gasteiger partial charge on any atom is 0.422 e. The molecule has 4 aromatic heterocycles. The lowest BCUT2D eigenvalue weighted by Gasteiger charge is -2.08. The zero-order valence-electron chi connectivity index (χ0n) is 19.9. The van der Waals surface area contributed by atoms with Gasteiger partial charge in [-0.15, -0.1) is 34.4 Å². The van der Waals surface area contributed by atoms with Gasteiger partial charge in [0.1, 0.15) is 14.7 Å². The van der Waals surface area contributed by atoms with Gasteiger partial charge in [-0.05, 0) is 32.2 Å². The first kappa shape index (κ1) is 30.1. The summed E-state index contributed by atoms with van der Waals surface area (Å²) < 4.78 is 105. The number of hydrogen-bond donors (Lipinski definition) is 0. The molecule has 208 valence electrons. The monoisotopic (exact) mass is 620 g/mol. The van der Waals surface area contributed by atoms with Crippen LogP contribution in [0.1, 0.15) is 9.75 Å². The highest BCUT2D eigenvalue weighted by Crippen LogP contribution is 2.32. The minimum atomic E-state index is -4.55. The molecule has 0 spiro atoms. The molecular formula is C20H18F6N4O4S4. The number of aryl methyl sites for hydroxylation is 2. The van der Waals surface area contributed by atoms with Crippen molar-refractivity contribution in [1.82, 2.24) is 19.9 Å². The topological polar surface area (TPSA) is 104 Å². The highest BCUT2D eigenvalue weighted by Gasteiger charge is 2.30. The average Bonchev–Trinajstić information content (AvgIpc) is 3.34. The van der Waals surface area contributed by atoms with E-state index in [-0.39, 0.29) is 21.3 Å². The maximum atomic E-state index is 12.1. The molecule has 0 saturated heterocycles. The normalized spacial score (nSPS) is 12.5. The van der Waals surface area contributed by atoms with Crippen LogP contribution in [0.25, 0.3) is 20.4 Å². The van der Waals surface area contributed by atoms with E-state index in [1.165, 1.54) is 23.1 Å². The molecule has 4 aromatic rings. The smallest absolute Gasteiger partial charge is 0.422 e. The Kier molecular flexibility index (Phi) is 8.99. The summed E-state index contributed by atoms with van der Waals surface area (Å²) in [7, 11) is -3.70. The number of halogens is 6. The molecule has 0 amide bonds. The molecule has 18 heteroatoms. The van der Waals surface area contributed by atoms with Gasteiger partial charge in [-0.3, -0.25) is 0 Å². The van der Waals surface area contributed by atoms with Gasteiger partial charge < -0.3 is 9.47 Å². The Morgan fingerprint density at radius 3 is 1.71 bits per heavy atom. The number of thioether (sulfide) groups is 1. The van der Waals surface area contributed by atoms with Crippen molar-refractivity contribution in [3.63, 3.8) is 0 Å². The van der Waals surface area contributed by atoms with Crippen molar-refractivity contribution in [2.24, 2.45) is 0 Å². The van der Waals surface area contributed by atoms with Crippen LogP contribution in [0.4, 0.5) is 26.3 Å². The number of rotatable bonds is 6. The Morgan fingerprint density at radius 1 is 0.816 bits per heavy atom. The van der Waals surface area contributed by atoms with E-state index in [2.05, 4.69) is 29.4 Å². The zero-order valence-corrected chi connectivity index (χ0v) is 23.2. The summed E-state index contributed by atoms with van der Waals surface area (Å²) in [6.45, 7) is 0.685. The van der Waals surface area contributed by atoms with Crippen molar-refractivity contribution < 1.29 is 44.2 Å². The van der Waals surface area contributed by atoms with Crippen molar-refractivity contribution in [3.8, 4) is 12.0 Å². The molecule has 4 rings (SSSR count). The molecule has 0 aliphatic rings. The summed E-state index contributed by atoms with van der Waals surface area (Å²) >= 11 is 3.91. The van der Waals surface area contributed by atoms with Crippen LogP contribution in [0.3, 0.4) is 0 Å². The van der Waals surface area contributed by atoms with Gasteiger partial charge in [0.05, 0.1) is 0 Å². The predicted octanol–water partition coefficient (Wildman–Crippen LogP) is 6.01. The van der Waals surface area contributed by atoms with Crippen LogP contribution in [0, 0.1) is 13.8 Å². The minimum Gasteiger partial charge on any atom is -0.454 e. The summed E-state index contributed by atoms with van der Waals surface area (Å²) in [5.74, 6) is 0. The second-order valence-corrected chi connectivity index (χ2v) is 12.8. The number of ether oxygens (including phenoxy) is 2. The second-order valence-electron chi connectivity index (χ2n) is 7.56. The molecule has 0 radical (unpaired) electrons. The van der Waals surface area contributed by atoms with Crippen LogP contribution in [0.5, 0.6) is 12.0 Å². The van der Waals surface area contributed by atoms with Gasteiger partial charge in [0.2, 0.25) is 0 Å². The summed E-state index contributed by atoms with van der Waals surface area (Å²) in [5, 5.41) is 1.43. The lowest BCUT2D eigenvalue weighted by atomic mass is 10.4. The minimum absolute atomic E-state index is 0.231. The van der Waals surface area contributed by atoms with E-state index in [4.69, 9.17) is 0 Å². The Balaban J connectivity index is 0.000000212. The maximum absolute atomic E-state index is 12.1. The molecule has 4 heterocycles. The fourth-order valence-corrected chi connectivity index (χ4v) is 6.07. The number of alkyl halides is 6. The quantitative estimate of drug-likeness (QED) is 0.146. The molecule has 8 nitrogen and oxygen atoms in total. The summed E-state index contributed by atoms with van der Waals surface area (Å²) in [6, 6.07) is 2.66. The van der Waals surface area contributed by atoms with Gasteiger partial charge in [-0.1, -0.05) is 0 Å². The summed E-state index contributed by atoms with van der Waals surface area (Å²) in [4.78, 5) is 18.0. The lowest BCUT2D eigenvalue weighted by molar-refractivity contribution is -0.155. The SMILES string of the molecule is CSc1nc(OCC(F)(F)F)nc2sc(C)cc12.Cc1cc2c(S(C)(=O)=O)nc(OCC(F)(F)F)nc2s1. The van der Waals surface area contributed by atoms with Gasteiger partial charge in [0, 0.05) is 26.8 Å². The Morgan fingerprint density at radius 2 is 1.26 bits per heavy atom. The first-order valence-electron chi connectivity index (χ1n) is 10.1. The molecular weight excluding hydrogens is 603 g/mol. The van der Waals surface area contributed by atoms with E-state index in [1.54, 1.807) is 13.0 Å². The number of thiophene rings is 2. The number of hydrogen-bond acceptors (Lipinski definition) is 11. The van der Waals surface area contributed by atoms with E-state index in [9.17, 15) is 34.8 Å². The zero-order chi connectivity index (χ0) is 28.5. The van der Waals surface area contributed by atoms with E-state index < -0.39 is 41.4 Å². The Labute approximate surface area is 224 Å². The fraction of sp³-hybridized carbons (Fsp3) is 0.400.